The zero-order valence-corrected chi connectivity index (χ0v) is 13.0. The second-order valence-electron chi connectivity index (χ2n) is 6.18. The molecule has 1 saturated carbocycles. The molecule has 0 spiro atoms. The van der Waals surface area contributed by atoms with E-state index in [2.05, 4.69) is 19.2 Å². The van der Waals surface area contributed by atoms with Gasteiger partial charge in [0.1, 0.15) is 0 Å². The van der Waals surface area contributed by atoms with Crippen molar-refractivity contribution in [1.29, 1.82) is 0 Å². The van der Waals surface area contributed by atoms with Crippen molar-refractivity contribution in [1.82, 2.24) is 5.32 Å². The summed E-state index contributed by atoms with van der Waals surface area (Å²) in [6.45, 7) is 7.60. The third-order valence-corrected chi connectivity index (χ3v) is 5.04. The number of carbonyl (C=O) groups is 1. The fourth-order valence-electron chi connectivity index (χ4n) is 2.21. The maximum absolute atomic E-state index is 12.2. The van der Waals surface area contributed by atoms with Gasteiger partial charge in [-0.1, -0.05) is 13.8 Å². The zero-order chi connectivity index (χ0) is 15.3. The van der Waals surface area contributed by atoms with Crippen molar-refractivity contribution in [2.75, 3.05) is 0 Å². The largest absolute Gasteiger partial charge is 0.349 e. The summed E-state index contributed by atoms with van der Waals surface area (Å²) in [5, 5.41) is 8.10. The van der Waals surface area contributed by atoms with E-state index in [1.165, 1.54) is 6.07 Å². The van der Waals surface area contributed by atoms with Crippen LogP contribution in [0.4, 0.5) is 0 Å². The summed E-state index contributed by atoms with van der Waals surface area (Å²) in [5.74, 6) is -0.256. The Morgan fingerprint density at radius 1 is 1.35 bits per heavy atom. The van der Waals surface area contributed by atoms with Gasteiger partial charge < -0.3 is 5.32 Å². The van der Waals surface area contributed by atoms with Crippen LogP contribution < -0.4 is 10.5 Å². The highest BCUT2D eigenvalue weighted by atomic mass is 32.2. The molecular weight excluding hydrogens is 276 g/mol. The van der Waals surface area contributed by atoms with E-state index in [-0.39, 0.29) is 22.3 Å². The number of benzene rings is 1. The van der Waals surface area contributed by atoms with Gasteiger partial charge in [0.05, 0.1) is 4.90 Å². The molecule has 0 aromatic heterocycles. The molecule has 1 unspecified atom stereocenters. The third-order valence-electron chi connectivity index (χ3n) is 4.01. The molecule has 0 heterocycles. The van der Waals surface area contributed by atoms with Crippen molar-refractivity contribution in [3.63, 3.8) is 0 Å². The number of amides is 1. The van der Waals surface area contributed by atoms with Gasteiger partial charge in [-0.25, -0.2) is 13.6 Å². The molecule has 0 bridgehead atoms. The van der Waals surface area contributed by atoms with E-state index >= 15 is 0 Å². The van der Waals surface area contributed by atoms with E-state index in [1.807, 2.05) is 0 Å². The van der Waals surface area contributed by atoms with Gasteiger partial charge in [-0.05, 0) is 48.9 Å². The van der Waals surface area contributed by atoms with Gasteiger partial charge in [0.15, 0.2) is 0 Å². The molecule has 0 aliphatic heterocycles. The zero-order valence-electron chi connectivity index (χ0n) is 12.1. The lowest BCUT2D eigenvalue weighted by atomic mass is 10.1. The van der Waals surface area contributed by atoms with E-state index in [0.717, 1.165) is 12.0 Å². The first kappa shape index (κ1) is 15.0. The number of primary sulfonamides is 1. The quantitative estimate of drug-likeness (QED) is 0.885. The number of nitrogens with two attached hydrogens (primary N) is 1. The molecule has 110 valence electrons. The fourth-order valence-corrected chi connectivity index (χ4v) is 3.09. The third kappa shape index (κ3) is 2.86. The maximum atomic E-state index is 12.2. The van der Waals surface area contributed by atoms with Crippen LogP contribution in [-0.2, 0) is 10.0 Å². The van der Waals surface area contributed by atoms with E-state index in [1.54, 1.807) is 19.9 Å². The Morgan fingerprint density at radius 3 is 2.35 bits per heavy atom. The first-order valence-corrected chi connectivity index (χ1v) is 8.02. The average Bonchev–Trinajstić information content (AvgIpc) is 2.87. The van der Waals surface area contributed by atoms with Crippen molar-refractivity contribution in [2.45, 2.75) is 45.1 Å². The van der Waals surface area contributed by atoms with Gasteiger partial charge >= 0.3 is 0 Å². The molecule has 1 aromatic rings. The highest BCUT2D eigenvalue weighted by molar-refractivity contribution is 7.89. The number of sulfonamides is 1. The summed E-state index contributed by atoms with van der Waals surface area (Å²) in [7, 11) is -3.83. The Bertz CT molecular complexity index is 678. The van der Waals surface area contributed by atoms with Crippen LogP contribution in [0.3, 0.4) is 0 Å². The molecular formula is C14H20N2O3S. The Labute approximate surface area is 119 Å². The van der Waals surface area contributed by atoms with Gasteiger partial charge in [0.25, 0.3) is 5.91 Å². The van der Waals surface area contributed by atoms with Gasteiger partial charge in [0, 0.05) is 11.6 Å². The highest BCUT2D eigenvalue weighted by Crippen LogP contribution is 2.44. The summed E-state index contributed by atoms with van der Waals surface area (Å²) in [6, 6.07) is 3.19. The van der Waals surface area contributed by atoms with Crippen LogP contribution in [0.2, 0.25) is 0 Å². The number of aryl methyl sites for hydroxylation is 1. The van der Waals surface area contributed by atoms with Crippen molar-refractivity contribution in [3.8, 4) is 0 Å². The Balaban J connectivity index is 2.34. The molecule has 0 radical (unpaired) electrons. The molecule has 1 aliphatic rings. The minimum atomic E-state index is -3.83. The summed E-state index contributed by atoms with van der Waals surface area (Å²) in [5.41, 5.74) is 1.77. The van der Waals surface area contributed by atoms with Gasteiger partial charge in [0.2, 0.25) is 10.0 Å². The molecule has 20 heavy (non-hydrogen) atoms. The Morgan fingerprint density at radius 2 is 1.90 bits per heavy atom. The van der Waals surface area contributed by atoms with Crippen molar-refractivity contribution < 1.29 is 13.2 Å². The van der Waals surface area contributed by atoms with Crippen molar-refractivity contribution in [2.24, 2.45) is 10.6 Å². The maximum Gasteiger partial charge on any atom is 0.251 e. The number of carbonyl (C=O) groups excluding carboxylic acids is 1. The fraction of sp³-hybridized carbons (Fsp3) is 0.500. The lowest BCUT2D eigenvalue weighted by molar-refractivity contribution is 0.0946. The topological polar surface area (TPSA) is 89.3 Å². The molecule has 3 N–H and O–H groups in total. The minimum absolute atomic E-state index is 0.0118. The van der Waals surface area contributed by atoms with Crippen LogP contribution in [0.15, 0.2) is 17.0 Å². The summed E-state index contributed by atoms with van der Waals surface area (Å²) in [4.78, 5) is 12.2. The van der Waals surface area contributed by atoms with Crippen LogP contribution >= 0.6 is 0 Å². The molecule has 1 aromatic carbocycles. The van der Waals surface area contributed by atoms with E-state index in [0.29, 0.717) is 11.1 Å². The Kier molecular flexibility index (Phi) is 3.42. The lowest BCUT2D eigenvalue weighted by Crippen LogP contribution is -2.29. The lowest BCUT2D eigenvalue weighted by Gasteiger charge is -2.11. The number of nitrogens with one attached hydrogen (secondary N) is 1. The van der Waals surface area contributed by atoms with E-state index < -0.39 is 10.0 Å². The molecule has 5 nitrogen and oxygen atoms in total. The summed E-state index contributed by atoms with van der Waals surface area (Å²) < 4.78 is 23.1. The van der Waals surface area contributed by atoms with Crippen molar-refractivity contribution >= 4 is 15.9 Å². The molecule has 6 heteroatoms. The summed E-state index contributed by atoms with van der Waals surface area (Å²) in [6.07, 6.45) is 0.936. The minimum Gasteiger partial charge on any atom is -0.349 e. The van der Waals surface area contributed by atoms with Crippen molar-refractivity contribution in [3.05, 3.63) is 28.8 Å². The predicted molar refractivity (Wildman–Crippen MR) is 76.9 cm³/mol. The van der Waals surface area contributed by atoms with E-state index in [9.17, 15) is 13.2 Å². The van der Waals surface area contributed by atoms with Crippen LogP contribution in [0, 0.1) is 19.3 Å². The monoisotopic (exact) mass is 296 g/mol. The molecule has 2 rings (SSSR count). The van der Waals surface area contributed by atoms with Gasteiger partial charge in [-0.3, -0.25) is 4.79 Å². The Hall–Kier alpha value is -1.40. The average molecular weight is 296 g/mol. The first-order chi connectivity index (χ1) is 9.02. The summed E-state index contributed by atoms with van der Waals surface area (Å²) >= 11 is 0. The smallest absolute Gasteiger partial charge is 0.251 e. The second-order valence-corrected chi connectivity index (χ2v) is 7.71. The van der Waals surface area contributed by atoms with Gasteiger partial charge in [-0.15, -0.1) is 0 Å². The normalized spacial score (nSPS) is 20.6. The number of hydrogen-bond donors (Lipinski definition) is 2. The number of hydrogen-bond acceptors (Lipinski definition) is 3. The SMILES string of the molecule is Cc1cc(C(=O)NC2CC2(C)C)cc(S(N)(=O)=O)c1C. The highest BCUT2D eigenvalue weighted by Gasteiger charge is 2.46. The number of rotatable bonds is 3. The first-order valence-electron chi connectivity index (χ1n) is 6.47. The molecule has 0 saturated heterocycles. The standard InChI is InChI=1S/C14H20N2O3S/c1-8-5-10(6-11(9(8)2)20(15,18)19)13(17)16-12-7-14(12,3)4/h5-6,12H,7H2,1-4H3,(H,16,17)(H2,15,18,19). The van der Waals surface area contributed by atoms with Gasteiger partial charge in [-0.2, -0.15) is 0 Å². The second kappa shape index (κ2) is 4.56. The van der Waals surface area contributed by atoms with Crippen LogP contribution in [0.5, 0.6) is 0 Å². The predicted octanol–water partition coefficient (Wildman–Crippen LogP) is 1.48. The molecule has 1 amide bonds. The molecule has 1 fully saturated rings. The van der Waals surface area contributed by atoms with Crippen LogP contribution in [0.1, 0.15) is 41.8 Å². The molecule has 1 atom stereocenters. The van der Waals surface area contributed by atoms with E-state index in [4.69, 9.17) is 5.14 Å². The molecule has 1 aliphatic carbocycles. The van der Waals surface area contributed by atoms with Crippen LogP contribution in [0.25, 0.3) is 0 Å². The van der Waals surface area contributed by atoms with Crippen LogP contribution in [-0.4, -0.2) is 20.4 Å².